The van der Waals surface area contributed by atoms with E-state index in [0.29, 0.717) is 5.13 Å². The van der Waals surface area contributed by atoms with Gasteiger partial charge in [0.1, 0.15) is 0 Å². The van der Waals surface area contributed by atoms with Crippen LogP contribution in [0.1, 0.15) is 11.3 Å². The van der Waals surface area contributed by atoms with Gasteiger partial charge in [-0.1, -0.05) is 23.5 Å². The van der Waals surface area contributed by atoms with E-state index in [2.05, 4.69) is 15.3 Å². The summed E-state index contributed by atoms with van der Waals surface area (Å²) in [6.07, 6.45) is 6.94. The van der Waals surface area contributed by atoms with Crippen LogP contribution in [0.4, 0.5) is 10.8 Å². The third-order valence-corrected chi connectivity index (χ3v) is 4.96. The zero-order valence-electron chi connectivity index (χ0n) is 15.2. The van der Waals surface area contributed by atoms with Gasteiger partial charge in [0.05, 0.1) is 10.6 Å². The van der Waals surface area contributed by atoms with Crippen molar-refractivity contribution in [2.45, 2.75) is 6.92 Å². The van der Waals surface area contributed by atoms with Gasteiger partial charge in [-0.2, -0.15) is 0 Å². The number of aryl methyl sites for hydroxylation is 2. The van der Waals surface area contributed by atoms with Crippen LogP contribution in [0.2, 0.25) is 0 Å². The quantitative estimate of drug-likeness (QED) is 0.700. The van der Waals surface area contributed by atoms with E-state index in [1.54, 1.807) is 12.3 Å². The summed E-state index contributed by atoms with van der Waals surface area (Å²) in [6, 6.07) is 7.99. The molecule has 0 atom stereocenters. The molecule has 3 aromatic rings. The highest BCUT2D eigenvalue weighted by Gasteiger charge is 2.14. The number of thiazole rings is 1. The maximum absolute atomic E-state index is 12.2. The molecule has 0 saturated carbocycles. The standard InChI is InChI=1S/C19H21N5OS/c1-13-17(18-20-11-12-24(18)4)26-19(21-13)22-16(25)10-7-14-5-8-15(9-6-14)23(2)3/h5-12H,1-4H3,(H,21,22,25)/b10-7+. The van der Waals surface area contributed by atoms with Crippen LogP contribution in [0.15, 0.2) is 42.7 Å². The third kappa shape index (κ3) is 4.00. The summed E-state index contributed by atoms with van der Waals surface area (Å²) in [5, 5.41) is 3.39. The summed E-state index contributed by atoms with van der Waals surface area (Å²) in [6.45, 7) is 1.91. The molecule has 1 aromatic carbocycles. The number of aromatic nitrogens is 3. The minimum Gasteiger partial charge on any atom is -0.378 e. The fraction of sp³-hybridized carbons (Fsp3) is 0.211. The molecule has 0 unspecified atom stereocenters. The molecule has 0 spiro atoms. The van der Waals surface area contributed by atoms with Crippen molar-refractivity contribution in [2.24, 2.45) is 7.05 Å². The predicted molar refractivity (Wildman–Crippen MR) is 107 cm³/mol. The molecule has 0 aliphatic carbocycles. The average Bonchev–Trinajstić information content (AvgIpc) is 3.18. The van der Waals surface area contributed by atoms with E-state index in [-0.39, 0.29) is 5.91 Å². The van der Waals surface area contributed by atoms with Crippen molar-refractivity contribution < 1.29 is 4.79 Å². The molecule has 0 aliphatic rings. The van der Waals surface area contributed by atoms with Gasteiger partial charge in [0.2, 0.25) is 5.91 Å². The largest absolute Gasteiger partial charge is 0.378 e. The van der Waals surface area contributed by atoms with Crippen molar-refractivity contribution in [3.63, 3.8) is 0 Å². The van der Waals surface area contributed by atoms with Gasteiger partial charge in [-0.05, 0) is 30.7 Å². The first-order valence-corrected chi connectivity index (χ1v) is 8.97. The van der Waals surface area contributed by atoms with Crippen LogP contribution in [0.25, 0.3) is 16.8 Å². The SMILES string of the molecule is Cc1nc(NC(=O)/C=C/c2ccc(N(C)C)cc2)sc1-c1nccn1C. The number of carbonyl (C=O) groups excluding carboxylic acids is 1. The number of imidazole rings is 1. The average molecular weight is 367 g/mol. The fourth-order valence-electron chi connectivity index (χ4n) is 2.44. The zero-order chi connectivity index (χ0) is 18.7. The maximum Gasteiger partial charge on any atom is 0.250 e. The van der Waals surface area contributed by atoms with Crippen molar-refractivity contribution in [3.8, 4) is 10.7 Å². The number of benzene rings is 1. The molecule has 7 heteroatoms. The number of amides is 1. The Bertz CT molecular complexity index is 937. The van der Waals surface area contributed by atoms with E-state index in [4.69, 9.17) is 0 Å². The van der Waals surface area contributed by atoms with Gasteiger partial charge in [0.15, 0.2) is 11.0 Å². The second-order valence-corrected chi connectivity index (χ2v) is 7.10. The van der Waals surface area contributed by atoms with Crippen molar-refractivity contribution in [1.82, 2.24) is 14.5 Å². The van der Waals surface area contributed by atoms with Gasteiger partial charge in [-0.25, -0.2) is 9.97 Å². The second kappa shape index (κ2) is 7.53. The van der Waals surface area contributed by atoms with E-state index in [0.717, 1.165) is 27.6 Å². The molecular formula is C19H21N5OS. The molecule has 2 aromatic heterocycles. The molecule has 134 valence electrons. The molecule has 0 saturated heterocycles. The summed E-state index contributed by atoms with van der Waals surface area (Å²) >= 11 is 1.42. The van der Waals surface area contributed by atoms with E-state index in [1.165, 1.54) is 17.4 Å². The van der Waals surface area contributed by atoms with Crippen molar-refractivity contribution >= 4 is 34.1 Å². The van der Waals surface area contributed by atoms with E-state index in [9.17, 15) is 4.79 Å². The molecule has 0 bridgehead atoms. The van der Waals surface area contributed by atoms with E-state index < -0.39 is 0 Å². The van der Waals surface area contributed by atoms with Gasteiger partial charge < -0.3 is 9.47 Å². The molecule has 3 rings (SSSR count). The Morgan fingerprint density at radius 1 is 1.27 bits per heavy atom. The molecular weight excluding hydrogens is 346 g/mol. The minimum absolute atomic E-state index is 0.207. The predicted octanol–water partition coefficient (Wildman–Crippen LogP) is 3.57. The normalized spacial score (nSPS) is 11.1. The first-order valence-electron chi connectivity index (χ1n) is 8.15. The van der Waals surface area contributed by atoms with Gasteiger partial charge in [-0.15, -0.1) is 0 Å². The Morgan fingerprint density at radius 3 is 2.62 bits per heavy atom. The number of hydrogen-bond acceptors (Lipinski definition) is 5. The Morgan fingerprint density at radius 2 is 2.00 bits per heavy atom. The van der Waals surface area contributed by atoms with Crippen LogP contribution < -0.4 is 10.2 Å². The van der Waals surface area contributed by atoms with Crippen molar-refractivity contribution in [2.75, 3.05) is 24.3 Å². The third-order valence-electron chi connectivity index (χ3n) is 3.89. The zero-order valence-corrected chi connectivity index (χ0v) is 16.0. The van der Waals surface area contributed by atoms with Gasteiger partial charge in [-0.3, -0.25) is 10.1 Å². The molecule has 2 heterocycles. The highest BCUT2D eigenvalue weighted by atomic mass is 32.1. The fourth-order valence-corrected chi connectivity index (χ4v) is 3.45. The minimum atomic E-state index is -0.207. The number of rotatable bonds is 5. The van der Waals surface area contributed by atoms with Gasteiger partial charge in [0.25, 0.3) is 0 Å². The number of anilines is 2. The first-order chi connectivity index (χ1) is 12.4. The van der Waals surface area contributed by atoms with Gasteiger partial charge in [0, 0.05) is 45.3 Å². The van der Waals surface area contributed by atoms with Crippen molar-refractivity contribution in [3.05, 3.63) is 54.0 Å². The van der Waals surface area contributed by atoms with Gasteiger partial charge >= 0.3 is 0 Å². The van der Waals surface area contributed by atoms with Crippen LogP contribution in [0.5, 0.6) is 0 Å². The lowest BCUT2D eigenvalue weighted by atomic mass is 10.2. The first kappa shape index (κ1) is 17.9. The molecule has 26 heavy (non-hydrogen) atoms. The Hall–Kier alpha value is -2.93. The topological polar surface area (TPSA) is 63.1 Å². The number of hydrogen-bond donors (Lipinski definition) is 1. The molecule has 1 N–H and O–H groups in total. The summed E-state index contributed by atoms with van der Waals surface area (Å²) in [5.41, 5.74) is 2.93. The molecule has 0 fully saturated rings. The highest BCUT2D eigenvalue weighted by molar-refractivity contribution is 7.19. The highest BCUT2D eigenvalue weighted by Crippen LogP contribution is 2.31. The molecule has 0 radical (unpaired) electrons. The second-order valence-electron chi connectivity index (χ2n) is 6.10. The van der Waals surface area contributed by atoms with E-state index >= 15 is 0 Å². The van der Waals surface area contributed by atoms with Crippen LogP contribution in [-0.4, -0.2) is 34.5 Å². The van der Waals surface area contributed by atoms with E-state index in [1.807, 2.05) is 68.0 Å². The van der Waals surface area contributed by atoms with Crippen LogP contribution in [-0.2, 0) is 11.8 Å². The lowest BCUT2D eigenvalue weighted by Gasteiger charge is -2.11. The number of nitrogens with zero attached hydrogens (tertiary/aromatic N) is 4. The van der Waals surface area contributed by atoms with Crippen molar-refractivity contribution in [1.29, 1.82) is 0 Å². The molecule has 0 aliphatic heterocycles. The smallest absolute Gasteiger partial charge is 0.250 e. The van der Waals surface area contributed by atoms with Crippen LogP contribution in [0.3, 0.4) is 0 Å². The Balaban J connectivity index is 1.68. The summed E-state index contributed by atoms with van der Waals surface area (Å²) in [5.74, 6) is 0.638. The summed E-state index contributed by atoms with van der Waals surface area (Å²) in [7, 11) is 5.92. The number of nitrogens with one attached hydrogen (secondary N) is 1. The Kier molecular flexibility index (Phi) is 5.18. The Labute approximate surface area is 156 Å². The lowest BCUT2D eigenvalue weighted by Crippen LogP contribution is -2.08. The molecule has 1 amide bonds. The summed E-state index contributed by atoms with van der Waals surface area (Å²) < 4.78 is 1.93. The monoisotopic (exact) mass is 367 g/mol. The maximum atomic E-state index is 12.2. The molecule has 6 nitrogen and oxygen atoms in total. The summed E-state index contributed by atoms with van der Waals surface area (Å²) in [4.78, 5) is 23.9. The van der Waals surface area contributed by atoms with Crippen LogP contribution in [0, 0.1) is 6.92 Å². The van der Waals surface area contributed by atoms with Crippen LogP contribution >= 0.6 is 11.3 Å². The number of carbonyl (C=O) groups is 1. The lowest BCUT2D eigenvalue weighted by molar-refractivity contribution is -0.111.